The third-order valence-electron chi connectivity index (χ3n) is 7.15. The Morgan fingerprint density at radius 1 is 0.971 bits per heavy atom. The van der Waals surface area contributed by atoms with Crippen LogP contribution in [0.25, 0.3) is 11.1 Å². The summed E-state index contributed by atoms with van der Waals surface area (Å²) in [6, 6.07) is 14.9. The first kappa shape index (κ1) is 24.8. The quantitative estimate of drug-likeness (QED) is 0.558. The van der Waals surface area contributed by atoms with Crippen molar-refractivity contribution in [3.63, 3.8) is 0 Å². The van der Waals surface area contributed by atoms with E-state index in [2.05, 4.69) is 34.9 Å². The number of hydrogen-bond acceptors (Lipinski definition) is 4. The standard InChI is InChI=1S/C28H34N2O5/c1-28(2,3)24(26(32)33)30-25(31)21-14-8-9-15-23(21)29-27(34)35-16-22-19-12-6-4-10-17(19)18-11-5-7-13-20(18)22/h4-7,10-13,21-24H,8-9,14-16H2,1-3H3,(H,29,34)(H,30,31)(H,32,33)/t21-,23+,24-/m0/s1. The van der Waals surface area contributed by atoms with Crippen molar-refractivity contribution in [1.29, 1.82) is 0 Å². The van der Waals surface area contributed by atoms with Crippen LogP contribution in [0.2, 0.25) is 0 Å². The van der Waals surface area contributed by atoms with Gasteiger partial charge < -0.3 is 20.5 Å². The van der Waals surface area contributed by atoms with Gasteiger partial charge in [0.2, 0.25) is 5.91 Å². The van der Waals surface area contributed by atoms with Gasteiger partial charge >= 0.3 is 12.1 Å². The van der Waals surface area contributed by atoms with E-state index in [0.29, 0.717) is 12.8 Å². The van der Waals surface area contributed by atoms with Crippen LogP contribution in [0, 0.1) is 11.3 Å². The number of aliphatic carboxylic acids is 1. The van der Waals surface area contributed by atoms with Gasteiger partial charge in [-0.3, -0.25) is 4.79 Å². The average Bonchev–Trinajstić information content (AvgIpc) is 3.14. The Bertz CT molecular complexity index is 1060. The van der Waals surface area contributed by atoms with E-state index < -0.39 is 35.5 Å². The lowest BCUT2D eigenvalue weighted by Crippen LogP contribution is -2.55. The summed E-state index contributed by atoms with van der Waals surface area (Å²) >= 11 is 0. The third-order valence-corrected chi connectivity index (χ3v) is 7.15. The number of ether oxygens (including phenoxy) is 1. The average molecular weight is 479 g/mol. The second-order valence-electron chi connectivity index (χ2n) is 10.6. The SMILES string of the molecule is CC(C)(C)[C@@H](NC(=O)[C@H]1CCCC[C@H]1NC(=O)OCC1c2ccccc2-c2ccccc21)C(=O)O. The largest absolute Gasteiger partial charge is 0.480 e. The van der Waals surface area contributed by atoms with Crippen LogP contribution >= 0.6 is 0 Å². The number of carboxylic acid groups (broad SMARTS) is 1. The Morgan fingerprint density at radius 3 is 2.11 bits per heavy atom. The van der Waals surface area contributed by atoms with Gasteiger partial charge in [-0.05, 0) is 40.5 Å². The molecule has 1 fully saturated rings. The number of hydrogen-bond donors (Lipinski definition) is 3. The number of fused-ring (bicyclic) bond motifs is 3. The van der Waals surface area contributed by atoms with E-state index in [0.717, 1.165) is 35.1 Å². The van der Waals surface area contributed by atoms with E-state index in [9.17, 15) is 19.5 Å². The summed E-state index contributed by atoms with van der Waals surface area (Å²) in [5.41, 5.74) is 3.96. The molecule has 0 bridgehead atoms. The van der Waals surface area contributed by atoms with Crippen LogP contribution in [0.15, 0.2) is 48.5 Å². The van der Waals surface area contributed by atoms with E-state index >= 15 is 0 Å². The molecule has 0 unspecified atom stereocenters. The minimum absolute atomic E-state index is 0.0401. The summed E-state index contributed by atoms with van der Waals surface area (Å²) in [6.07, 6.45) is 2.43. The topological polar surface area (TPSA) is 105 Å². The molecule has 2 aromatic carbocycles. The lowest BCUT2D eigenvalue weighted by atomic mass is 9.82. The van der Waals surface area contributed by atoms with Crippen LogP contribution in [0.1, 0.15) is 63.5 Å². The maximum Gasteiger partial charge on any atom is 0.407 e. The number of amides is 2. The van der Waals surface area contributed by atoms with Gasteiger partial charge in [0.15, 0.2) is 0 Å². The predicted molar refractivity (Wildman–Crippen MR) is 133 cm³/mol. The van der Waals surface area contributed by atoms with E-state index in [-0.39, 0.29) is 18.4 Å². The molecule has 0 spiro atoms. The minimum Gasteiger partial charge on any atom is -0.480 e. The van der Waals surface area contributed by atoms with Crippen molar-refractivity contribution in [1.82, 2.24) is 10.6 Å². The fourth-order valence-electron chi connectivity index (χ4n) is 5.31. The number of nitrogens with one attached hydrogen (secondary N) is 2. The molecule has 0 aliphatic heterocycles. The summed E-state index contributed by atoms with van der Waals surface area (Å²) < 4.78 is 5.67. The summed E-state index contributed by atoms with van der Waals surface area (Å²) in [5.74, 6) is -1.94. The van der Waals surface area contributed by atoms with E-state index in [1.54, 1.807) is 20.8 Å². The molecule has 0 aromatic heterocycles. The highest BCUT2D eigenvalue weighted by molar-refractivity contribution is 5.86. The van der Waals surface area contributed by atoms with Gasteiger partial charge in [0.25, 0.3) is 0 Å². The molecule has 3 atom stereocenters. The molecule has 2 aromatic rings. The minimum atomic E-state index is -1.07. The van der Waals surface area contributed by atoms with Gasteiger partial charge in [-0.2, -0.15) is 0 Å². The summed E-state index contributed by atoms with van der Waals surface area (Å²) in [7, 11) is 0. The monoisotopic (exact) mass is 478 g/mol. The Morgan fingerprint density at radius 2 is 1.54 bits per heavy atom. The lowest BCUT2D eigenvalue weighted by molar-refractivity contribution is -0.146. The smallest absolute Gasteiger partial charge is 0.407 e. The molecule has 3 N–H and O–H groups in total. The molecule has 4 rings (SSSR count). The van der Waals surface area contributed by atoms with Crippen LogP contribution in [-0.4, -0.2) is 41.8 Å². The fraction of sp³-hybridized carbons (Fsp3) is 0.464. The van der Waals surface area contributed by atoms with Gasteiger partial charge in [0, 0.05) is 12.0 Å². The van der Waals surface area contributed by atoms with Gasteiger partial charge in [-0.25, -0.2) is 9.59 Å². The number of carboxylic acids is 1. The number of benzene rings is 2. The van der Waals surface area contributed by atoms with Crippen molar-refractivity contribution in [2.75, 3.05) is 6.61 Å². The zero-order valence-corrected chi connectivity index (χ0v) is 20.5. The Balaban J connectivity index is 1.40. The maximum atomic E-state index is 13.0. The molecule has 2 amide bonds. The molecular formula is C28H34N2O5. The normalized spacial score (nSPS) is 20.3. The van der Waals surface area contributed by atoms with E-state index in [4.69, 9.17) is 4.74 Å². The first-order chi connectivity index (χ1) is 16.7. The zero-order valence-electron chi connectivity index (χ0n) is 20.5. The highest BCUT2D eigenvalue weighted by atomic mass is 16.5. The molecule has 2 aliphatic carbocycles. The number of alkyl carbamates (subject to hydrolysis) is 1. The molecule has 1 saturated carbocycles. The second kappa shape index (κ2) is 10.1. The molecule has 7 nitrogen and oxygen atoms in total. The van der Waals surface area contributed by atoms with Crippen molar-refractivity contribution >= 4 is 18.0 Å². The van der Waals surface area contributed by atoms with Crippen molar-refractivity contribution in [2.24, 2.45) is 11.3 Å². The fourth-order valence-corrected chi connectivity index (χ4v) is 5.31. The molecule has 2 aliphatic rings. The molecular weight excluding hydrogens is 444 g/mol. The molecule has 35 heavy (non-hydrogen) atoms. The molecule has 0 saturated heterocycles. The molecule has 0 heterocycles. The highest BCUT2D eigenvalue weighted by Gasteiger charge is 2.38. The number of carbonyl (C=O) groups excluding carboxylic acids is 2. The summed E-state index contributed by atoms with van der Waals surface area (Å²) in [6.45, 7) is 5.53. The summed E-state index contributed by atoms with van der Waals surface area (Å²) in [5, 5.41) is 15.2. The summed E-state index contributed by atoms with van der Waals surface area (Å²) in [4.78, 5) is 37.5. The molecule has 7 heteroatoms. The number of carbonyl (C=O) groups is 3. The molecule has 0 radical (unpaired) electrons. The number of rotatable bonds is 6. The van der Waals surface area contributed by atoms with Crippen molar-refractivity contribution in [2.45, 2.75) is 64.5 Å². The van der Waals surface area contributed by atoms with Gasteiger partial charge in [-0.15, -0.1) is 0 Å². The third kappa shape index (κ3) is 5.34. The Hall–Kier alpha value is -3.35. The maximum absolute atomic E-state index is 13.0. The highest BCUT2D eigenvalue weighted by Crippen LogP contribution is 2.44. The van der Waals surface area contributed by atoms with E-state index in [1.165, 1.54) is 0 Å². The van der Waals surface area contributed by atoms with Gasteiger partial charge in [0.1, 0.15) is 12.6 Å². The Labute approximate surface area is 206 Å². The van der Waals surface area contributed by atoms with E-state index in [1.807, 2.05) is 24.3 Å². The first-order valence-electron chi connectivity index (χ1n) is 12.3. The van der Waals surface area contributed by atoms with Crippen molar-refractivity contribution in [3.05, 3.63) is 59.7 Å². The van der Waals surface area contributed by atoms with Crippen molar-refractivity contribution in [3.8, 4) is 11.1 Å². The van der Waals surface area contributed by atoms with Crippen LogP contribution < -0.4 is 10.6 Å². The predicted octanol–water partition coefficient (Wildman–Crippen LogP) is 4.70. The molecule has 186 valence electrons. The van der Waals surface area contributed by atoms with Gasteiger partial charge in [0.05, 0.1) is 5.92 Å². The zero-order chi connectivity index (χ0) is 25.2. The van der Waals surface area contributed by atoms with Crippen LogP contribution in [0.4, 0.5) is 4.79 Å². The lowest BCUT2D eigenvalue weighted by Gasteiger charge is -2.34. The van der Waals surface area contributed by atoms with Crippen LogP contribution in [0.5, 0.6) is 0 Å². The second-order valence-corrected chi connectivity index (χ2v) is 10.6. The first-order valence-corrected chi connectivity index (χ1v) is 12.3. The van der Waals surface area contributed by atoms with Crippen molar-refractivity contribution < 1.29 is 24.2 Å². The van der Waals surface area contributed by atoms with Crippen LogP contribution in [-0.2, 0) is 14.3 Å². The van der Waals surface area contributed by atoms with Gasteiger partial charge in [-0.1, -0.05) is 82.1 Å². The Kier molecular flexibility index (Phi) is 7.15. The van der Waals surface area contributed by atoms with Crippen LogP contribution in [0.3, 0.4) is 0 Å².